The average molecular weight is 333 g/mol. The van der Waals surface area contributed by atoms with Crippen molar-refractivity contribution in [1.82, 2.24) is 25.2 Å². The Kier molecular flexibility index (Phi) is 4.66. The molecule has 0 bridgehead atoms. The molecule has 3 heterocycles. The Bertz CT molecular complexity index is 708. The van der Waals surface area contributed by atoms with Gasteiger partial charge in [-0.25, -0.2) is 0 Å². The first kappa shape index (κ1) is 16.6. The molecule has 130 valence electrons. The molecule has 0 unspecified atom stereocenters. The van der Waals surface area contributed by atoms with Crippen LogP contribution in [0.5, 0.6) is 0 Å². The number of aryl methyl sites for hydroxylation is 1. The van der Waals surface area contributed by atoms with Gasteiger partial charge in [-0.2, -0.15) is 10.1 Å². The van der Waals surface area contributed by atoms with Gasteiger partial charge in [-0.05, 0) is 25.3 Å². The third-order valence-corrected chi connectivity index (χ3v) is 4.16. The standard InChI is InChI=1S/C16H23N5O3/c1-9(2)5-11-6-13(19-18-11)16(22)21-8-12(23-4)7-14(21)15-17-10(3)20-24-15/h6,9,12,14H,5,7-8H2,1-4H3,(H,18,19)/t12-,14+/m0/s1. The number of ether oxygens (including phenoxy) is 1. The molecule has 24 heavy (non-hydrogen) atoms. The van der Waals surface area contributed by atoms with Crippen molar-refractivity contribution >= 4 is 5.91 Å². The number of carbonyl (C=O) groups excluding carboxylic acids is 1. The number of likely N-dealkylation sites (tertiary alicyclic amines) is 1. The predicted molar refractivity (Wildman–Crippen MR) is 85.4 cm³/mol. The molecule has 2 atom stereocenters. The van der Waals surface area contributed by atoms with E-state index in [4.69, 9.17) is 9.26 Å². The number of hydrogen-bond acceptors (Lipinski definition) is 6. The molecule has 0 radical (unpaired) electrons. The van der Waals surface area contributed by atoms with Gasteiger partial charge in [0, 0.05) is 25.8 Å². The monoisotopic (exact) mass is 333 g/mol. The summed E-state index contributed by atoms with van der Waals surface area (Å²) < 4.78 is 10.7. The molecule has 1 fully saturated rings. The highest BCUT2D eigenvalue weighted by Gasteiger charge is 2.40. The van der Waals surface area contributed by atoms with Crippen molar-refractivity contribution in [2.75, 3.05) is 13.7 Å². The molecule has 0 aromatic carbocycles. The predicted octanol–water partition coefficient (Wildman–Crippen LogP) is 1.90. The normalized spacial score (nSPS) is 21.0. The number of hydrogen-bond donors (Lipinski definition) is 1. The summed E-state index contributed by atoms with van der Waals surface area (Å²) in [5.74, 6) is 1.34. The van der Waals surface area contributed by atoms with Crippen LogP contribution in [-0.4, -0.2) is 50.9 Å². The molecule has 0 saturated carbocycles. The van der Waals surface area contributed by atoms with Gasteiger partial charge in [0.25, 0.3) is 5.91 Å². The second-order valence-corrected chi connectivity index (χ2v) is 6.62. The van der Waals surface area contributed by atoms with Crippen molar-refractivity contribution in [3.63, 3.8) is 0 Å². The summed E-state index contributed by atoms with van der Waals surface area (Å²) in [5.41, 5.74) is 1.37. The minimum atomic E-state index is -0.283. The van der Waals surface area contributed by atoms with E-state index in [1.54, 1.807) is 18.9 Å². The second kappa shape index (κ2) is 6.72. The van der Waals surface area contributed by atoms with Crippen LogP contribution in [0, 0.1) is 12.8 Å². The summed E-state index contributed by atoms with van der Waals surface area (Å²) in [5, 5.41) is 10.9. The van der Waals surface area contributed by atoms with Crippen molar-refractivity contribution in [2.24, 2.45) is 5.92 Å². The summed E-state index contributed by atoms with van der Waals surface area (Å²) in [4.78, 5) is 18.9. The third kappa shape index (κ3) is 3.33. The SMILES string of the molecule is CO[C@H]1C[C@H](c2nc(C)no2)N(C(=O)c2cc(CC(C)C)[nH]n2)C1. The van der Waals surface area contributed by atoms with Crippen LogP contribution >= 0.6 is 0 Å². The first-order chi connectivity index (χ1) is 11.5. The van der Waals surface area contributed by atoms with Crippen molar-refractivity contribution in [3.8, 4) is 0 Å². The molecule has 2 aromatic rings. The Labute approximate surface area is 140 Å². The van der Waals surface area contributed by atoms with Crippen LogP contribution in [0.2, 0.25) is 0 Å². The lowest BCUT2D eigenvalue weighted by molar-refractivity contribution is 0.0665. The van der Waals surface area contributed by atoms with E-state index >= 15 is 0 Å². The van der Waals surface area contributed by atoms with E-state index < -0.39 is 0 Å². The highest BCUT2D eigenvalue weighted by molar-refractivity contribution is 5.92. The van der Waals surface area contributed by atoms with Crippen molar-refractivity contribution < 1.29 is 14.1 Å². The number of carbonyl (C=O) groups is 1. The van der Waals surface area contributed by atoms with Crippen molar-refractivity contribution in [1.29, 1.82) is 0 Å². The van der Waals surface area contributed by atoms with Crippen molar-refractivity contribution in [2.45, 2.75) is 45.8 Å². The van der Waals surface area contributed by atoms with Gasteiger partial charge in [0.1, 0.15) is 11.7 Å². The van der Waals surface area contributed by atoms with Gasteiger partial charge < -0.3 is 14.2 Å². The van der Waals surface area contributed by atoms with Crippen LogP contribution in [0.25, 0.3) is 0 Å². The zero-order chi connectivity index (χ0) is 17.3. The van der Waals surface area contributed by atoms with Crippen molar-refractivity contribution in [3.05, 3.63) is 29.2 Å². The van der Waals surface area contributed by atoms with Gasteiger partial charge >= 0.3 is 0 Å². The van der Waals surface area contributed by atoms with Crippen LogP contribution in [0.4, 0.5) is 0 Å². The van der Waals surface area contributed by atoms with Crippen LogP contribution in [0.3, 0.4) is 0 Å². The number of aromatic amines is 1. The Morgan fingerprint density at radius 2 is 2.33 bits per heavy atom. The number of nitrogens with zero attached hydrogens (tertiary/aromatic N) is 4. The maximum Gasteiger partial charge on any atom is 0.275 e. The maximum atomic E-state index is 12.9. The fourth-order valence-electron chi connectivity index (χ4n) is 3.04. The lowest BCUT2D eigenvalue weighted by Crippen LogP contribution is -2.32. The molecule has 8 nitrogen and oxygen atoms in total. The zero-order valence-corrected chi connectivity index (χ0v) is 14.4. The highest BCUT2D eigenvalue weighted by atomic mass is 16.5. The van der Waals surface area contributed by atoms with E-state index in [0.717, 1.165) is 12.1 Å². The van der Waals surface area contributed by atoms with Gasteiger partial charge in [-0.1, -0.05) is 19.0 Å². The first-order valence-electron chi connectivity index (χ1n) is 8.16. The molecule has 3 rings (SSSR count). The molecule has 0 aliphatic carbocycles. The van der Waals surface area contributed by atoms with E-state index in [2.05, 4.69) is 34.2 Å². The largest absolute Gasteiger partial charge is 0.380 e. The second-order valence-electron chi connectivity index (χ2n) is 6.62. The molecule has 0 spiro atoms. The number of amides is 1. The van der Waals surface area contributed by atoms with Gasteiger partial charge in [-0.3, -0.25) is 9.89 Å². The van der Waals surface area contributed by atoms with Gasteiger partial charge in [-0.15, -0.1) is 0 Å². The summed E-state index contributed by atoms with van der Waals surface area (Å²) in [6.45, 7) is 6.49. The first-order valence-corrected chi connectivity index (χ1v) is 8.16. The lowest BCUT2D eigenvalue weighted by Gasteiger charge is -2.20. The molecule has 8 heteroatoms. The quantitative estimate of drug-likeness (QED) is 0.897. The summed E-state index contributed by atoms with van der Waals surface area (Å²) in [7, 11) is 1.64. The molecule has 1 amide bonds. The fraction of sp³-hybridized carbons (Fsp3) is 0.625. The molecule has 1 N–H and O–H groups in total. The number of nitrogens with one attached hydrogen (secondary N) is 1. The number of aromatic nitrogens is 4. The molecule has 1 aliphatic rings. The Morgan fingerprint density at radius 1 is 1.54 bits per heavy atom. The Balaban J connectivity index is 1.82. The number of rotatable bonds is 5. The molecular weight excluding hydrogens is 310 g/mol. The van der Waals surface area contributed by atoms with E-state index in [-0.39, 0.29) is 18.1 Å². The third-order valence-electron chi connectivity index (χ3n) is 4.16. The van der Waals surface area contributed by atoms with Crippen LogP contribution < -0.4 is 0 Å². The van der Waals surface area contributed by atoms with E-state index in [1.165, 1.54) is 0 Å². The van der Waals surface area contributed by atoms with E-state index in [1.807, 2.05) is 6.07 Å². The zero-order valence-electron chi connectivity index (χ0n) is 14.4. The molecule has 1 aliphatic heterocycles. The average Bonchev–Trinajstić information content (AvgIpc) is 3.24. The minimum Gasteiger partial charge on any atom is -0.380 e. The summed E-state index contributed by atoms with van der Waals surface area (Å²) in [6.07, 6.45) is 1.43. The molecule has 2 aromatic heterocycles. The van der Waals surface area contributed by atoms with Gasteiger partial charge in [0.15, 0.2) is 5.82 Å². The van der Waals surface area contributed by atoms with Gasteiger partial charge in [0.05, 0.1) is 6.10 Å². The minimum absolute atomic E-state index is 0.0553. The lowest BCUT2D eigenvalue weighted by atomic mass is 10.1. The smallest absolute Gasteiger partial charge is 0.275 e. The molecular formula is C16H23N5O3. The number of H-pyrrole nitrogens is 1. The number of methoxy groups -OCH3 is 1. The summed E-state index contributed by atoms with van der Waals surface area (Å²) >= 11 is 0. The molecule has 1 saturated heterocycles. The Hall–Kier alpha value is -2.22. The van der Waals surface area contributed by atoms with Gasteiger partial charge in [0.2, 0.25) is 5.89 Å². The van der Waals surface area contributed by atoms with E-state index in [0.29, 0.717) is 36.3 Å². The topological polar surface area (TPSA) is 97.1 Å². The summed E-state index contributed by atoms with van der Waals surface area (Å²) in [6, 6.07) is 1.53. The highest BCUT2D eigenvalue weighted by Crippen LogP contribution is 2.33. The van der Waals surface area contributed by atoms with Crippen LogP contribution in [0.15, 0.2) is 10.6 Å². The maximum absolute atomic E-state index is 12.9. The fourth-order valence-corrected chi connectivity index (χ4v) is 3.04. The van der Waals surface area contributed by atoms with Crippen LogP contribution in [0.1, 0.15) is 54.2 Å². The van der Waals surface area contributed by atoms with Crippen LogP contribution in [-0.2, 0) is 11.2 Å². The van der Waals surface area contributed by atoms with E-state index in [9.17, 15) is 4.79 Å². The Morgan fingerprint density at radius 3 is 2.96 bits per heavy atom.